The van der Waals surface area contributed by atoms with Crippen molar-refractivity contribution in [3.8, 4) is 11.5 Å². The molecule has 88 valence electrons. The summed E-state index contributed by atoms with van der Waals surface area (Å²) in [5.41, 5.74) is 4.40. The minimum absolute atomic E-state index is 0.285. The van der Waals surface area contributed by atoms with Crippen molar-refractivity contribution in [1.29, 1.82) is 0 Å². The maximum absolute atomic E-state index is 9.59. The van der Waals surface area contributed by atoms with Crippen LogP contribution in [0.4, 0.5) is 0 Å². The van der Waals surface area contributed by atoms with Crippen molar-refractivity contribution < 1.29 is 10.2 Å². The quantitative estimate of drug-likeness (QED) is 0.828. The first-order valence-corrected chi connectivity index (χ1v) is 5.64. The van der Waals surface area contributed by atoms with Crippen LogP contribution in [0.25, 0.3) is 0 Å². The Morgan fingerprint density at radius 1 is 0.824 bits per heavy atom. The third-order valence-corrected chi connectivity index (χ3v) is 3.20. The first-order valence-electron chi connectivity index (χ1n) is 5.64. The van der Waals surface area contributed by atoms with Gasteiger partial charge in [0.25, 0.3) is 0 Å². The van der Waals surface area contributed by atoms with Crippen LogP contribution in [0.2, 0.25) is 0 Å². The van der Waals surface area contributed by atoms with Crippen molar-refractivity contribution in [2.75, 3.05) is 0 Å². The zero-order chi connectivity index (χ0) is 12.4. The zero-order valence-corrected chi connectivity index (χ0v) is 10.1. The number of phenols is 2. The number of hydrogen-bond acceptors (Lipinski definition) is 2. The summed E-state index contributed by atoms with van der Waals surface area (Å²) in [4.78, 5) is 0. The predicted molar refractivity (Wildman–Crippen MR) is 68.5 cm³/mol. The van der Waals surface area contributed by atoms with Gasteiger partial charge in [0, 0.05) is 0 Å². The van der Waals surface area contributed by atoms with Gasteiger partial charge in [-0.1, -0.05) is 18.2 Å². The van der Waals surface area contributed by atoms with Crippen molar-refractivity contribution in [1.82, 2.24) is 0 Å². The average Bonchev–Trinajstić information content (AvgIpc) is 2.33. The average molecular weight is 228 g/mol. The molecule has 0 aromatic heterocycles. The highest BCUT2D eigenvalue weighted by Gasteiger charge is 2.06. The molecule has 2 heteroatoms. The Morgan fingerprint density at radius 3 is 2.12 bits per heavy atom. The summed E-state index contributed by atoms with van der Waals surface area (Å²) >= 11 is 0. The number of hydrogen-bond donors (Lipinski definition) is 2. The fourth-order valence-corrected chi connectivity index (χ4v) is 1.89. The van der Waals surface area contributed by atoms with Crippen LogP contribution < -0.4 is 0 Å². The molecule has 0 unspecified atom stereocenters. The summed E-state index contributed by atoms with van der Waals surface area (Å²) in [6, 6.07) is 10.9. The van der Waals surface area contributed by atoms with Gasteiger partial charge in [-0.25, -0.2) is 0 Å². The fraction of sp³-hybridized carbons (Fsp3) is 0.200. The molecular weight excluding hydrogens is 212 g/mol. The molecule has 0 fully saturated rings. The Bertz CT molecular complexity index is 527. The predicted octanol–water partition coefficient (Wildman–Crippen LogP) is 3.31. The Hall–Kier alpha value is -1.96. The van der Waals surface area contributed by atoms with Crippen LogP contribution in [0.5, 0.6) is 11.5 Å². The smallest absolute Gasteiger partial charge is 0.118 e. The van der Waals surface area contributed by atoms with Crippen LogP contribution >= 0.6 is 0 Å². The van der Waals surface area contributed by atoms with Gasteiger partial charge in [-0.15, -0.1) is 0 Å². The second kappa shape index (κ2) is 4.50. The molecule has 0 saturated carbocycles. The number of rotatable bonds is 2. The molecule has 0 bridgehead atoms. The molecule has 0 saturated heterocycles. The Kier molecular flexibility index (Phi) is 3.05. The van der Waals surface area contributed by atoms with Gasteiger partial charge in [0.05, 0.1) is 0 Å². The summed E-state index contributed by atoms with van der Waals surface area (Å²) in [6.07, 6.45) is 0.813. The maximum atomic E-state index is 9.59. The van der Waals surface area contributed by atoms with Gasteiger partial charge in [0.1, 0.15) is 11.5 Å². The third-order valence-electron chi connectivity index (χ3n) is 3.20. The van der Waals surface area contributed by atoms with Gasteiger partial charge in [0.2, 0.25) is 0 Å². The van der Waals surface area contributed by atoms with Crippen molar-refractivity contribution >= 4 is 0 Å². The highest BCUT2D eigenvalue weighted by Crippen LogP contribution is 2.24. The lowest BCUT2D eigenvalue weighted by Crippen LogP contribution is -1.94. The molecule has 0 amide bonds. The summed E-state index contributed by atoms with van der Waals surface area (Å²) in [5, 5.41) is 18.8. The summed E-state index contributed by atoms with van der Waals surface area (Å²) < 4.78 is 0. The van der Waals surface area contributed by atoms with E-state index in [1.54, 1.807) is 18.2 Å². The molecular formula is C15H16O2. The molecule has 2 aromatic carbocycles. The third kappa shape index (κ3) is 2.41. The van der Waals surface area contributed by atoms with E-state index in [1.807, 2.05) is 32.0 Å². The van der Waals surface area contributed by atoms with E-state index >= 15 is 0 Å². The summed E-state index contributed by atoms with van der Waals surface area (Å²) in [6.45, 7) is 3.94. The maximum Gasteiger partial charge on any atom is 0.118 e. The molecule has 2 aromatic rings. The second-order valence-corrected chi connectivity index (χ2v) is 4.34. The van der Waals surface area contributed by atoms with Gasteiger partial charge < -0.3 is 10.2 Å². The molecule has 17 heavy (non-hydrogen) atoms. The van der Waals surface area contributed by atoms with Crippen molar-refractivity contribution in [2.45, 2.75) is 20.3 Å². The normalized spacial score (nSPS) is 10.5. The topological polar surface area (TPSA) is 40.5 Å². The van der Waals surface area contributed by atoms with Gasteiger partial charge in [-0.3, -0.25) is 0 Å². The number of aromatic hydroxyl groups is 2. The van der Waals surface area contributed by atoms with E-state index in [4.69, 9.17) is 0 Å². The van der Waals surface area contributed by atoms with Gasteiger partial charge >= 0.3 is 0 Å². The Morgan fingerprint density at radius 2 is 1.47 bits per heavy atom. The van der Waals surface area contributed by atoms with Crippen LogP contribution in [0.15, 0.2) is 36.4 Å². The lowest BCUT2D eigenvalue weighted by molar-refractivity contribution is 0.470. The van der Waals surface area contributed by atoms with Crippen LogP contribution in [0.3, 0.4) is 0 Å². The molecule has 0 atom stereocenters. The summed E-state index contributed by atoms with van der Waals surface area (Å²) in [7, 11) is 0. The fourth-order valence-electron chi connectivity index (χ4n) is 1.89. The molecule has 0 heterocycles. The highest BCUT2D eigenvalue weighted by molar-refractivity contribution is 5.44. The molecule has 2 nitrogen and oxygen atoms in total. The van der Waals surface area contributed by atoms with E-state index < -0.39 is 0 Å². The van der Waals surface area contributed by atoms with E-state index in [1.165, 1.54) is 5.56 Å². The molecule has 0 aliphatic carbocycles. The number of benzene rings is 2. The second-order valence-electron chi connectivity index (χ2n) is 4.34. The lowest BCUT2D eigenvalue weighted by Gasteiger charge is -2.10. The molecule has 2 rings (SSSR count). The monoisotopic (exact) mass is 228 g/mol. The largest absolute Gasteiger partial charge is 0.508 e. The van der Waals surface area contributed by atoms with Crippen LogP contribution in [-0.2, 0) is 6.42 Å². The highest BCUT2D eigenvalue weighted by atomic mass is 16.3. The minimum Gasteiger partial charge on any atom is -0.508 e. The minimum atomic E-state index is 0.285. The standard InChI is InChI=1S/C15H16O2/c1-10-11(2)15(17)8-5-13(10)9-12-3-6-14(16)7-4-12/h3-8,16-17H,9H2,1-2H3. The first-order chi connectivity index (χ1) is 8.08. The molecule has 0 aliphatic rings. The van der Waals surface area contributed by atoms with E-state index in [0.717, 1.165) is 23.1 Å². The van der Waals surface area contributed by atoms with Crippen molar-refractivity contribution in [3.63, 3.8) is 0 Å². The van der Waals surface area contributed by atoms with E-state index in [0.29, 0.717) is 5.75 Å². The van der Waals surface area contributed by atoms with E-state index in [-0.39, 0.29) is 5.75 Å². The SMILES string of the molecule is Cc1c(O)ccc(Cc2ccc(O)cc2)c1C. The molecule has 0 spiro atoms. The lowest BCUT2D eigenvalue weighted by atomic mass is 9.97. The van der Waals surface area contributed by atoms with E-state index in [2.05, 4.69) is 0 Å². The zero-order valence-electron chi connectivity index (χ0n) is 10.1. The van der Waals surface area contributed by atoms with Crippen LogP contribution in [-0.4, -0.2) is 10.2 Å². The molecule has 0 radical (unpaired) electrons. The van der Waals surface area contributed by atoms with Gasteiger partial charge in [0.15, 0.2) is 0 Å². The van der Waals surface area contributed by atoms with Crippen LogP contribution in [0.1, 0.15) is 22.3 Å². The number of phenolic OH excluding ortho intramolecular Hbond substituents is 2. The molecule has 0 aliphatic heterocycles. The van der Waals surface area contributed by atoms with Gasteiger partial charge in [-0.05, 0) is 60.7 Å². The van der Waals surface area contributed by atoms with Gasteiger partial charge in [-0.2, -0.15) is 0 Å². The Labute approximate surface area is 101 Å². The summed E-state index contributed by atoms with van der Waals surface area (Å²) in [5.74, 6) is 0.629. The van der Waals surface area contributed by atoms with Crippen molar-refractivity contribution in [2.24, 2.45) is 0 Å². The molecule has 2 N–H and O–H groups in total. The Balaban J connectivity index is 2.30. The van der Waals surface area contributed by atoms with E-state index in [9.17, 15) is 10.2 Å². The van der Waals surface area contributed by atoms with Crippen LogP contribution in [0, 0.1) is 13.8 Å². The van der Waals surface area contributed by atoms with Crippen molar-refractivity contribution in [3.05, 3.63) is 58.7 Å². The first kappa shape index (κ1) is 11.5.